The standard InChI is InChI=1S/C6H14N2.C5H11N.3C2H6/c1-7-3-5-8(2)6-4-7;1-6-4-2-3-5-6;3*1-2/h3-6H2,1-2H3;2-5H2,1H3;3*1-2H3. The lowest BCUT2D eigenvalue weighted by Crippen LogP contribution is -2.42. The molecule has 0 bridgehead atoms. The molecule has 0 N–H and O–H groups in total. The van der Waals surface area contributed by atoms with E-state index in [4.69, 9.17) is 0 Å². The van der Waals surface area contributed by atoms with Crippen molar-refractivity contribution in [3.8, 4) is 0 Å². The van der Waals surface area contributed by atoms with Gasteiger partial charge in [-0.2, -0.15) is 0 Å². The number of likely N-dealkylation sites (tertiary alicyclic amines) is 1. The zero-order valence-corrected chi connectivity index (χ0v) is 16.0. The second-order valence-electron chi connectivity index (χ2n) is 4.62. The van der Waals surface area contributed by atoms with Gasteiger partial charge in [0.1, 0.15) is 0 Å². The molecule has 2 rings (SSSR count). The van der Waals surface area contributed by atoms with Crippen molar-refractivity contribution >= 4 is 0 Å². The number of rotatable bonds is 0. The summed E-state index contributed by atoms with van der Waals surface area (Å²) in [5.74, 6) is 0. The average molecular weight is 290 g/mol. The normalized spacial score (nSPS) is 19.1. The molecule has 0 radical (unpaired) electrons. The number of likely N-dealkylation sites (N-methyl/N-ethyl adjacent to an activating group) is 2. The molecule has 3 nitrogen and oxygen atoms in total. The van der Waals surface area contributed by atoms with E-state index in [9.17, 15) is 0 Å². The van der Waals surface area contributed by atoms with Crippen LogP contribution >= 0.6 is 0 Å². The molecule has 3 heteroatoms. The van der Waals surface area contributed by atoms with Gasteiger partial charge in [0.05, 0.1) is 0 Å². The van der Waals surface area contributed by atoms with Crippen molar-refractivity contribution in [1.82, 2.24) is 14.7 Å². The van der Waals surface area contributed by atoms with Crippen LogP contribution < -0.4 is 0 Å². The zero-order chi connectivity index (χ0) is 16.4. The van der Waals surface area contributed by atoms with Gasteiger partial charge in [0.25, 0.3) is 0 Å². The molecule has 0 spiro atoms. The minimum atomic E-state index is 1.23. The third-order valence-corrected chi connectivity index (χ3v) is 3.06. The molecule has 0 amide bonds. The first-order valence-electron chi connectivity index (χ1n) is 8.74. The van der Waals surface area contributed by atoms with E-state index in [1.54, 1.807) is 0 Å². The fraction of sp³-hybridized carbons (Fsp3) is 1.00. The topological polar surface area (TPSA) is 9.72 Å². The van der Waals surface area contributed by atoms with Crippen LogP contribution in [-0.2, 0) is 0 Å². The van der Waals surface area contributed by atoms with Gasteiger partial charge < -0.3 is 14.7 Å². The third-order valence-electron chi connectivity index (χ3n) is 3.06. The Bertz CT molecular complexity index is 127. The molecule has 2 fully saturated rings. The van der Waals surface area contributed by atoms with E-state index in [2.05, 4.69) is 35.8 Å². The first-order valence-corrected chi connectivity index (χ1v) is 8.74. The van der Waals surface area contributed by atoms with Crippen molar-refractivity contribution < 1.29 is 0 Å². The Hall–Kier alpha value is -0.120. The molecule has 0 aliphatic carbocycles. The van der Waals surface area contributed by atoms with E-state index < -0.39 is 0 Å². The van der Waals surface area contributed by atoms with Crippen LogP contribution in [0.5, 0.6) is 0 Å². The lowest BCUT2D eigenvalue weighted by Gasteiger charge is -2.28. The molecule has 126 valence electrons. The second-order valence-corrected chi connectivity index (χ2v) is 4.62. The summed E-state index contributed by atoms with van der Waals surface area (Å²) in [6, 6.07) is 0. The van der Waals surface area contributed by atoms with Gasteiger partial charge in [0.2, 0.25) is 0 Å². The Morgan fingerprint density at radius 1 is 0.400 bits per heavy atom. The molecule has 0 atom stereocenters. The monoisotopic (exact) mass is 289 g/mol. The van der Waals surface area contributed by atoms with Gasteiger partial charge in [-0.3, -0.25) is 0 Å². The van der Waals surface area contributed by atoms with Crippen molar-refractivity contribution in [3.05, 3.63) is 0 Å². The third kappa shape index (κ3) is 17.9. The molecule has 2 aliphatic rings. The maximum Gasteiger partial charge on any atom is 0.0107 e. The van der Waals surface area contributed by atoms with Crippen LogP contribution in [0.15, 0.2) is 0 Å². The Labute approximate surface area is 130 Å². The Kier molecular flexibility index (Phi) is 26.3. The highest BCUT2D eigenvalue weighted by Gasteiger charge is 2.07. The van der Waals surface area contributed by atoms with Crippen LogP contribution in [0, 0.1) is 0 Å². The largest absolute Gasteiger partial charge is 0.306 e. The minimum absolute atomic E-state index is 1.23. The van der Waals surface area contributed by atoms with Gasteiger partial charge in [-0.15, -0.1) is 0 Å². The Morgan fingerprint density at radius 3 is 0.750 bits per heavy atom. The van der Waals surface area contributed by atoms with Crippen LogP contribution in [0.25, 0.3) is 0 Å². The predicted octanol–water partition coefficient (Wildman–Crippen LogP) is 3.65. The number of hydrogen-bond acceptors (Lipinski definition) is 3. The summed E-state index contributed by atoms with van der Waals surface area (Å²) in [5, 5.41) is 0. The van der Waals surface area contributed by atoms with Crippen molar-refractivity contribution in [2.75, 3.05) is 60.4 Å². The summed E-state index contributed by atoms with van der Waals surface area (Å²) >= 11 is 0. The summed E-state index contributed by atoms with van der Waals surface area (Å²) in [4.78, 5) is 7.08. The molecule has 20 heavy (non-hydrogen) atoms. The van der Waals surface area contributed by atoms with E-state index in [0.29, 0.717) is 0 Å². The van der Waals surface area contributed by atoms with E-state index in [0.717, 1.165) is 0 Å². The maximum atomic E-state index is 2.36. The van der Waals surface area contributed by atoms with Crippen molar-refractivity contribution in [2.45, 2.75) is 54.4 Å². The van der Waals surface area contributed by atoms with Gasteiger partial charge >= 0.3 is 0 Å². The van der Waals surface area contributed by atoms with E-state index in [1.807, 2.05) is 41.5 Å². The van der Waals surface area contributed by atoms with Gasteiger partial charge in [-0.1, -0.05) is 41.5 Å². The van der Waals surface area contributed by atoms with Crippen molar-refractivity contribution in [2.24, 2.45) is 0 Å². The molecule has 2 aliphatic heterocycles. The summed E-state index contributed by atoms with van der Waals surface area (Å²) in [5.41, 5.74) is 0. The maximum absolute atomic E-state index is 2.36. The Morgan fingerprint density at radius 2 is 0.600 bits per heavy atom. The Balaban J connectivity index is -0.000000215. The SMILES string of the molecule is CC.CC.CC.CN1CCCC1.CN1CCN(C)CC1. The van der Waals surface area contributed by atoms with Crippen LogP contribution in [-0.4, -0.2) is 75.1 Å². The predicted molar refractivity (Wildman–Crippen MR) is 95.8 cm³/mol. The van der Waals surface area contributed by atoms with Gasteiger partial charge in [-0.25, -0.2) is 0 Å². The first kappa shape index (κ1) is 24.9. The molecular weight excluding hydrogens is 246 g/mol. The number of nitrogens with zero attached hydrogens (tertiary/aromatic N) is 3. The smallest absolute Gasteiger partial charge is 0.0107 e. The summed E-state index contributed by atoms with van der Waals surface area (Å²) in [6.45, 7) is 19.6. The lowest BCUT2D eigenvalue weighted by molar-refractivity contribution is 0.181. The van der Waals surface area contributed by atoms with Crippen LogP contribution in [0.3, 0.4) is 0 Å². The zero-order valence-electron chi connectivity index (χ0n) is 16.0. The van der Waals surface area contributed by atoms with E-state index >= 15 is 0 Å². The molecule has 0 aromatic heterocycles. The van der Waals surface area contributed by atoms with Crippen LogP contribution in [0.2, 0.25) is 0 Å². The van der Waals surface area contributed by atoms with E-state index in [-0.39, 0.29) is 0 Å². The van der Waals surface area contributed by atoms with Crippen LogP contribution in [0.4, 0.5) is 0 Å². The van der Waals surface area contributed by atoms with E-state index in [1.165, 1.54) is 52.1 Å². The van der Waals surface area contributed by atoms with Gasteiger partial charge in [-0.05, 0) is 47.1 Å². The van der Waals surface area contributed by atoms with Gasteiger partial charge in [0.15, 0.2) is 0 Å². The molecule has 0 aromatic carbocycles. The molecule has 0 aromatic rings. The summed E-state index contributed by atoms with van der Waals surface area (Å²) < 4.78 is 0. The fourth-order valence-corrected chi connectivity index (χ4v) is 1.78. The molecule has 2 heterocycles. The quantitative estimate of drug-likeness (QED) is 0.674. The van der Waals surface area contributed by atoms with Crippen LogP contribution in [0.1, 0.15) is 54.4 Å². The fourth-order valence-electron chi connectivity index (χ4n) is 1.78. The summed E-state index contributed by atoms with van der Waals surface area (Å²) in [6.07, 6.45) is 2.83. The van der Waals surface area contributed by atoms with Gasteiger partial charge in [0, 0.05) is 26.2 Å². The second kappa shape index (κ2) is 21.2. The molecular formula is C17H43N3. The molecule has 0 unspecified atom stereocenters. The highest BCUT2D eigenvalue weighted by molar-refractivity contribution is 4.64. The molecule has 2 saturated heterocycles. The summed E-state index contributed by atoms with van der Waals surface area (Å²) in [7, 11) is 6.52. The number of hydrogen-bond donors (Lipinski definition) is 0. The molecule has 0 saturated carbocycles. The highest BCUT2D eigenvalue weighted by Crippen LogP contribution is 2.02. The van der Waals surface area contributed by atoms with Crippen molar-refractivity contribution in [3.63, 3.8) is 0 Å². The van der Waals surface area contributed by atoms with Crippen molar-refractivity contribution in [1.29, 1.82) is 0 Å². The highest BCUT2D eigenvalue weighted by atomic mass is 15.2. The lowest BCUT2D eigenvalue weighted by atomic mass is 10.4. The average Bonchev–Trinajstić information content (AvgIpc) is 3.00. The first-order chi connectivity index (χ1) is 9.68. The minimum Gasteiger partial charge on any atom is -0.306 e. The number of piperazine rings is 1.